The Kier molecular flexibility index (Phi) is 5.11. The number of amides is 1. The number of aromatic hydroxyl groups is 1. The van der Waals surface area contributed by atoms with Crippen molar-refractivity contribution < 1.29 is 19.4 Å². The van der Waals surface area contributed by atoms with Gasteiger partial charge in [-0.2, -0.15) is 0 Å². The molecule has 2 aromatic rings. The highest BCUT2D eigenvalue weighted by Crippen LogP contribution is 2.35. The first kappa shape index (κ1) is 17.8. The van der Waals surface area contributed by atoms with Crippen LogP contribution >= 0.6 is 0 Å². The highest BCUT2D eigenvalue weighted by molar-refractivity contribution is 5.93. The van der Waals surface area contributed by atoms with Crippen LogP contribution in [0.5, 0.6) is 17.2 Å². The average Bonchev–Trinajstić information content (AvgIpc) is 2.68. The second-order valence-electron chi connectivity index (χ2n) is 6.16. The fourth-order valence-electron chi connectivity index (χ4n) is 3.21. The van der Waals surface area contributed by atoms with Crippen LogP contribution in [0.15, 0.2) is 24.5 Å². The second-order valence-corrected chi connectivity index (χ2v) is 6.16. The van der Waals surface area contributed by atoms with Gasteiger partial charge in [0, 0.05) is 37.0 Å². The number of ether oxygens (including phenoxy) is 2. The van der Waals surface area contributed by atoms with Crippen LogP contribution in [0.3, 0.4) is 0 Å². The van der Waals surface area contributed by atoms with Crippen molar-refractivity contribution in [3.63, 3.8) is 0 Å². The molecule has 1 saturated heterocycles. The third-order valence-corrected chi connectivity index (χ3v) is 4.64. The Bertz CT molecular complexity index is 804. The molecule has 0 spiro atoms. The molecule has 0 radical (unpaired) electrons. The monoisotopic (exact) mass is 358 g/mol. The molecule has 1 fully saturated rings. The van der Waals surface area contributed by atoms with Crippen molar-refractivity contribution in [3.8, 4) is 17.2 Å². The second kappa shape index (κ2) is 7.47. The lowest BCUT2D eigenvalue weighted by molar-refractivity contribution is 0.0706. The summed E-state index contributed by atoms with van der Waals surface area (Å²) in [6.45, 7) is 1.20. The number of likely N-dealkylation sites (tertiary alicyclic amines) is 1. The van der Waals surface area contributed by atoms with E-state index >= 15 is 0 Å². The average molecular weight is 358 g/mol. The Morgan fingerprint density at radius 2 is 1.85 bits per heavy atom. The summed E-state index contributed by atoms with van der Waals surface area (Å²) < 4.78 is 10.5. The quantitative estimate of drug-likeness (QED) is 0.857. The zero-order valence-corrected chi connectivity index (χ0v) is 14.8. The van der Waals surface area contributed by atoms with Gasteiger partial charge in [0.1, 0.15) is 17.3 Å². The Hall–Kier alpha value is -3.03. The number of piperidine rings is 1. The lowest BCUT2D eigenvalue weighted by atomic mass is 9.89. The third kappa shape index (κ3) is 3.49. The minimum absolute atomic E-state index is 0.0919. The van der Waals surface area contributed by atoms with Gasteiger partial charge in [0.05, 0.1) is 20.4 Å². The Morgan fingerprint density at radius 3 is 2.50 bits per heavy atom. The van der Waals surface area contributed by atoms with Crippen LogP contribution in [0, 0.1) is 0 Å². The molecule has 1 amide bonds. The van der Waals surface area contributed by atoms with E-state index in [1.807, 2.05) is 0 Å². The molecule has 138 valence electrons. The molecular weight excluding hydrogens is 336 g/mol. The maximum absolute atomic E-state index is 12.7. The van der Waals surface area contributed by atoms with Gasteiger partial charge in [-0.3, -0.25) is 4.79 Å². The maximum Gasteiger partial charge on any atom is 0.272 e. The number of nitrogens with zero attached hydrogens (tertiary/aromatic N) is 3. The fraction of sp³-hybridized carbons (Fsp3) is 0.389. The molecule has 0 aromatic carbocycles. The van der Waals surface area contributed by atoms with E-state index in [0.29, 0.717) is 18.9 Å². The number of aromatic nitrogens is 2. The van der Waals surface area contributed by atoms with Gasteiger partial charge in [-0.25, -0.2) is 9.97 Å². The van der Waals surface area contributed by atoms with Crippen LogP contribution in [0.4, 0.5) is 5.82 Å². The summed E-state index contributed by atoms with van der Waals surface area (Å²) in [4.78, 5) is 22.6. The summed E-state index contributed by atoms with van der Waals surface area (Å²) in [5.74, 6) is 1.37. The standard InChI is InChI=1S/C18H22N4O4/c1-25-15-8-17(19)21-9-12(15)11-3-5-22(6-4-11)18(24)13-7-16(26-2)14(23)10-20-13/h7-11,23H,3-6H2,1-2H3,(H2,19,21). The van der Waals surface area contributed by atoms with Crippen molar-refractivity contribution >= 4 is 11.7 Å². The first-order valence-corrected chi connectivity index (χ1v) is 8.35. The third-order valence-electron chi connectivity index (χ3n) is 4.64. The lowest BCUT2D eigenvalue weighted by Crippen LogP contribution is -2.38. The predicted molar refractivity (Wildman–Crippen MR) is 95.5 cm³/mol. The number of methoxy groups -OCH3 is 2. The molecule has 2 aromatic heterocycles. The molecule has 3 rings (SSSR count). The first-order chi connectivity index (χ1) is 12.5. The molecule has 0 unspecified atom stereocenters. The summed E-state index contributed by atoms with van der Waals surface area (Å²) in [6, 6.07) is 3.18. The molecule has 0 atom stereocenters. The smallest absolute Gasteiger partial charge is 0.272 e. The Morgan fingerprint density at radius 1 is 1.15 bits per heavy atom. The summed E-state index contributed by atoms with van der Waals surface area (Å²) in [7, 11) is 3.05. The van der Waals surface area contributed by atoms with E-state index in [1.54, 1.807) is 24.3 Å². The van der Waals surface area contributed by atoms with Crippen LogP contribution < -0.4 is 15.2 Å². The van der Waals surface area contributed by atoms with Gasteiger partial charge in [0.2, 0.25) is 0 Å². The summed E-state index contributed by atoms with van der Waals surface area (Å²) >= 11 is 0. The number of hydrogen-bond donors (Lipinski definition) is 2. The molecule has 8 heteroatoms. The normalized spacial score (nSPS) is 14.9. The number of pyridine rings is 2. The number of carbonyl (C=O) groups excluding carboxylic acids is 1. The highest BCUT2D eigenvalue weighted by Gasteiger charge is 2.27. The van der Waals surface area contributed by atoms with Gasteiger partial charge < -0.3 is 25.2 Å². The minimum Gasteiger partial charge on any atom is -0.503 e. The molecule has 8 nitrogen and oxygen atoms in total. The van der Waals surface area contributed by atoms with Crippen LogP contribution in [0.1, 0.15) is 34.8 Å². The number of nitrogen functional groups attached to an aromatic ring is 1. The molecule has 1 aliphatic rings. The van der Waals surface area contributed by atoms with Crippen molar-refractivity contribution in [2.24, 2.45) is 0 Å². The highest BCUT2D eigenvalue weighted by atomic mass is 16.5. The lowest BCUT2D eigenvalue weighted by Gasteiger charge is -2.32. The van der Waals surface area contributed by atoms with E-state index in [1.165, 1.54) is 19.4 Å². The summed E-state index contributed by atoms with van der Waals surface area (Å²) in [6.07, 6.45) is 4.57. The molecule has 0 aliphatic carbocycles. The maximum atomic E-state index is 12.7. The molecule has 3 N–H and O–H groups in total. The van der Waals surface area contributed by atoms with E-state index < -0.39 is 0 Å². The molecule has 3 heterocycles. The fourth-order valence-corrected chi connectivity index (χ4v) is 3.21. The van der Waals surface area contributed by atoms with E-state index in [9.17, 15) is 9.90 Å². The van der Waals surface area contributed by atoms with E-state index in [-0.39, 0.29) is 29.0 Å². The number of anilines is 1. The zero-order chi connectivity index (χ0) is 18.7. The van der Waals surface area contributed by atoms with Crippen LogP contribution in [-0.4, -0.2) is 53.2 Å². The molecule has 26 heavy (non-hydrogen) atoms. The van der Waals surface area contributed by atoms with Gasteiger partial charge in [0.15, 0.2) is 11.5 Å². The zero-order valence-electron chi connectivity index (χ0n) is 14.8. The van der Waals surface area contributed by atoms with Crippen LogP contribution in [-0.2, 0) is 0 Å². The SMILES string of the molecule is COc1cc(C(=O)N2CCC(c3cnc(N)cc3OC)CC2)ncc1O. The van der Waals surface area contributed by atoms with Gasteiger partial charge >= 0.3 is 0 Å². The van der Waals surface area contributed by atoms with Gasteiger partial charge in [-0.05, 0) is 18.8 Å². The first-order valence-electron chi connectivity index (χ1n) is 8.35. The predicted octanol–water partition coefficient (Wildman–Crippen LogP) is 1.80. The van der Waals surface area contributed by atoms with Crippen LogP contribution in [0.2, 0.25) is 0 Å². The number of rotatable bonds is 4. The minimum atomic E-state index is -0.177. The molecular formula is C18H22N4O4. The van der Waals surface area contributed by atoms with E-state index in [2.05, 4.69) is 9.97 Å². The Labute approximate surface area is 151 Å². The molecule has 0 bridgehead atoms. The number of nitrogens with two attached hydrogens (primary N) is 1. The van der Waals surface area contributed by atoms with Crippen molar-refractivity contribution in [1.82, 2.24) is 14.9 Å². The van der Waals surface area contributed by atoms with Gasteiger partial charge in [-0.15, -0.1) is 0 Å². The molecule has 0 saturated carbocycles. The van der Waals surface area contributed by atoms with Crippen molar-refractivity contribution in [1.29, 1.82) is 0 Å². The number of hydrogen-bond acceptors (Lipinski definition) is 7. The van der Waals surface area contributed by atoms with Crippen molar-refractivity contribution in [2.75, 3.05) is 33.0 Å². The molecule has 1 aliphatic heterocycles. The largest absolute Gasteiger partial charge is 0.503 e. The van der Waals surface area contributed by atoms with Gasteiger partial charge in [0.25, 0.3) is 5.91 Å². The summed E-state index contributed by atoms with van der Waals surface area (Å²) in [5.41, 5.74) is 6.98. The number of carbonyl (C=O) groups is 1. The summed E-state index contributed by atoms with van der Waals surface area (Å²) in [5, 5.41) is 9.62. The van der Waals surface area contributed by atoms with Gasteiger partial charge in [-0.1, -0.05) is 0 Å². The van der Waals surface area contributed by atoms with Crippen molar-refractivity contribution in [2.45, 2.75) is 18.8 Å². The van der Waals surface area contributed by atoms with E-state index in [4.69, 9.17) is 15.2 Å². The van der Waals surface area contributed by atoms with E-state index in [0.717, 1.165) is 24.2 Å². The Balaban J connectivity index is 1.69. The topological polar surface area (TPSA) is 111 Å². The van der Waals surface area contributed by atoms with Crippen molar-refractivity contribution in [3.05, 3.63) is 35.8 Å². The van der Waals surface area contributed by atoms with Crippen LogP contribution in [0.25, 0.3) is 0 Å².